The molecule has 7 nitrogen and oxygen atoms in total. The third kappa shape index (κ3) is 2.78. The molecule has 0 aliphatic carbocycles. The molecule has 1 aromatic carbocycles. The molecule has 0 bridgehead atoms. The number of carbonyl (C=O) groups excluding carboxylic acids is 1. The fourth-order valence-corrected chi connectivity index (χ4v) is 3.94. The van der Waals surface area contributed by atoms with E-state index in [4.69, 9.17) is 4.74 Å². The van der Waals surface area contributed by atoms with E-state index < -0.39 is 23.2 Å². The SMILES string of the molecule is CN(C(=O)c1ccc2cncn2c1)[C@H]1COCc2[nH]c(=O)c3cc(F)c(F)cc3c21. The van der Waals surface area contributed by atoms with Crippen molar-refractivity contribution in [3.05, 3.63) is 81.8 Å². The highest BCUT2D eigenvalue weighted by Gasteiger charge is 2.31. The number of benzene rings is 1. The van der Waals surface area contributed by atoms with Crippen LogP contribution in [-0.2, 0) is 11.3 Å². The van der Waals surface area contributed by atoms with Gasteiger partial charge in [0.15, 0.2) is 11.6 Å². The molecule has 0 saturated carbocycles. The molecule has 1 atom stereocenters. The molecule has 152 valence electrons. The van der Waals surface area contributed by atoms with Gasteiger partial charge in [-0.3, -0.25) is 9.59 Å². The van der Waals surface area contributed by atoms with Crippen molar-refractivity contribution in [1.29, 1.82) is 0 Å². The van der Waals surface area contributed by atoms with Crippen LogP contribution in [0, 0.1) is 11.6 Å². The van der Waals surface area contributed by atoms with Gasteiger partial charge in [0.2, 0.25) is 0 Å². The Kier molecular flexibility index (Phi) is 4.14. The highest BCUT2D eigenvalue weighted by atomic mass is 19.2. The Hall–Kier alpha value is -3.59. The Balaban J connectivity index is 1.62. The lowest BCUT2D eigenvalue weighted by molar-refractivity contribution is 0.0335. The van der Waals surface area contributed by atoms with Crippen LogP contribution in [0.3, 0.4) is 0 Å². The maximum absolute atomic E-state index is 14.0. The zero-order chi connectivity index (χ0) is 21.0. The quantitative estimate of drug-likeness (QED) is 0.551. The van der Waals surface area contributed by atoms with E-state index in [2.05, 4.69) is 9.97 Å². The Labute approximate surface area is 168 Å². The second kappa shape index (κ2) is 6.74. The molecule has 4 aromatic rings. The minimum absolute atomic E-state index is 0.0280. The lowest BCUT2D eigenvalue weighted by Crippen LogP contribution is -2.37. The predicted octanol–water partition coefficient (Wildman–Crippen LogP) is 2.80. The van der Waals surface area contributed by atoms with E-state index in [1.807, 2.05) is 0 Å². The highest BCUT2D eigenvalue weighted by Crippen LogP contribution is 2.34. The van der Waals surface area contributed by atoms with E-state index in [9.17, 15) is 18.4 Å². The number of rotatable bonds is 2. The van der Waals surface area contributed by atoms with E-state index in [1.165, 1.54) is 4.90 Å². The van der Waals surface area contributed by atoms with Gasteiger partial charge in [0.1, 0.15) is 0 Å². The van der Waals surface area contributed by atoms with Gasteiger partial charge in [-0.05, 0) is 29.7 Å². The summed E-state index contributed by atoms with van der Waals surface area (Å²) in [6, 6.07) is 4.77. The number of H-pyrrole nitrogens is 1. The summed E-state index contributed by atoms with van der Waals surface area (Å²) in [6.45, 7) is 0.266. The zero-order valence-corrected chi connectivity index (χ0v) is 15.9. The number of aromatic nitrogens is 3. The maximum atomic E-state index is 14.0. The van der Waals surface area contributed by atoms with Gasteiger partial charge in [0, 0.05) is 24.5 Å². The number of hydrogen-bond acceptors (Lipinski definition) is 4. The highest BCUT2D eigenvalue weighted by molar-refractivity contribution is 5.95. The van der Waals surface area contributed by atoms with E-state index in [0.29, 0.717) is 16.8 Å². The fraction of sp³-hybridized carbons (Fsp3) is 0.190. The van der Waals surface area contributed by atoms with Gasteiger partial charge in [0.05, 0.1) is 48.2 Å². The first-order valence-electron chi connectivity index (χ1n) is 9.24. The van der Waals surface area contributed by atoms with Crippen molar-refractivity contribution in [1.82, 2.24) is 19.3 Å². The van der Waals surface area contributed by atoms with E-state index in [1.54, 1.807) is 42.3 Å². The first-order valence-corrected chi connectivity index (χ1v) is 9.24. The van der Waals surface area contributed by atoms with Crippen LogP contribution in [0.5, 0.6) is 0 Å². The van der Waals surface area contributed by atoms with Crippen LogP contribution in [0.4, 0.5) is 8.78 Å². The number of pyridine rings is 2. The smallest absolute Gasteiger partial charge is 0.256 e. The van der Waals surface area contributed by atoms with E-state index >= 15 is 0 Å². The molecule has 0 saturated heterocycles. The van der Waals surface area contributed by atoms with Crippen molar-refractivity contribution in [2.75, 3.05) is 13.7 Å². The number of carbonyl (C=O) groups is 1. The molecule has 0 spiro atoms. The second-order valence-electron chi connectivity index (χ2n) is 7.25. The number of halogens is 2. The van der Waals surface area contributed by atoms with Crippen molar-refractivity contribution in [3.8, 4) is 0 Å². The molecule has 0 unspecified atom stereocenters. The third-order valence-electron chi connectivity index (χ3n) is 5.48. The first kappa shape index (κ1) is 18.4. The minimum Gasteiger partial charge on any atom is -0.373 e. The number of likely N-dealkylation sites (N-methyl/N-ethyl adjacent to an activating group) is 1. The number of nitrogens with zero attached hydrogens (tertiary/aromatic N) is 3. The normalized spacial score (nSPS) is 16.0. The zero-order valence-electron chi connectivity index (χ0n) is 15.9. The van der Waals surface area contributed by atoms with Crippen LogP contribution in [0.15, 0.2) is 47.8 Å². The fourth-order valence-electron chi connectivity index (χ4n) is 3.94. The summed E-state index contributed by atoms with van der Waals surface area (Å²) in [5, 5.41) is 0.297. The summed E-state index contributed by atoms with van der Waals surface area (Å²) >= 11 is 0. The average molecular weight is 410 g/mol. The van der Waals surface area contributed by atoms with Gasteiger partial charge >= 0.3 is 0 Å². The molecule has 30 heavy (non-hydrogen) atoms. The molecular weight excluding hydrogens is 394 g/mol. The van der Waals surface area contributed by atoms with Crippen molar-refractivity contribution in [3.63, 3.8) is 0 Å². The summed E-state index contributed by atoms with van der Waals surface area (Å²) < 4.78 is 35.1. The molecular formula is C21H16F2N4O3. The summed E-state index contributed by atoms with van der Waals surface area (Å²) in [5.41, 5.74) is 1.74. The van der Waals surface area contributed by atoms with Crippen molar-refractivity contribution >= 4 is 22.2 Å². The lowest BCUT2D eigenvalue weighted by Gasteiger charge is -2.34. The predicted molar refractivity (Wildman–Crippen MR) is 104 cm³/mol. The number of amides is 1. The molecule has 3 aromatic heterocycles. The maximum Gasteiger partial charge on any atom is 0.256 e. The average Bonchev–Trinajstić information content (AvgIpc) is 3.21. The number of fused-ring (bicyclic) bond motifs is 4. The second-order valence-corrected chi connectivity index (χ2v) is 7.25. The summed E-state index contributed by atoms with van der Waals surface area (Å²) in [7, 11) is 1.61. The van der Waals surface area contributed by atoms with E-state index in [0.717, 1.165) is 17.6 Å². The molecule has 1 aliphatic heterocycles. The third-order valence-corrected chi connectivity index (χ3v) is 5.48. The standard InChI is InChI=1S/C21H16F2N4O3/c1-26(21(29)11-2-3-12-6-24-10-27(12)7-11)18-9-30-8-17-19(18)13-4-15(22)16(23)5-14(13)20(28)25-17/h2-7,10,18H,8-9H2,1H3,(H,25,28)/t18-/m0/s1. The number of imidazole rings is 1. The van der Waals surface area contributed by atoms with Crippen molar-refractivity contribution < 1.29 is 18.3 Å². The van der Waals surface area contributed by atoms with Crippen LogP contribution in [0.2, 0.25) is 0 Å². The van der Waals surface area contributed by atoms with Gasteiger partial charge < -0.3 is 19.0 Å². The molecule has 0 radical (unpaired) electrons. The van der Waals surface area contributed by atoms with Crippen LogP contribution < -0.4 is 5.56 Å². The van der Waals surface area contributed by atoms with Gasteiger partial charge in [0.25, 0.3) is 11.5 Å². The monoisotopic (exact) mass is 410 g/mol. The molecule has 1 amide bonds. The first-order chi connectivity index (χ1) is 14.4. The van der Waals surface area contributed by atoms with Gasteiger partial charge in [-0.25, -0.2) is 13.8 Å². The molecule has 1 N–H and O–H groups in total. The Morgan fingerprint density at radius 3 is 2.83 bits per heavy atom. The number of hydrogen-bond donors (Lipinski definition) is 1. The van der Waals surface area contributed by atoms with Gasteiger partial charge in [-0.15, -0.1) is 0 Å². The van der Waals surface area contributed by atoms with E-state index in [-0.39, 0.29) is 29.9 Å². The number of nitrogens with one attached hydrogen (secondary N) is 1. The lowest BCUT2D eigenvalue weighted by atomic mass is 9.95. The molecule has 0 fully saturated rings. The molecule has 4 heterocycles. The summed E-state index contributed by atoms with van der Waals surface area (Å²) in [5.74, 6) is -2.44. The Bertz CT molecular complexity index is 1380. The van der Waals surface area contributed by atoms with Crippen molar-refractivity contribution in [2.45, 2.75) is 12.6 Å². The van der Waals surface area contributed by atoms with Crippen LogP contribution in [0.1, 0.15) is 27.7 Å². The Morgan fingerprint density at radius 2 is 2.03 bits per heavy atom. The topological polar surface area (TPSA) is 79.7 Å². The number of ether oxygens (including phenoxy) is 1. The minimum atomic E-state index is -1.10. The van der Waals surface area contributed by atoms with Gasteiger partial charge in [-0.1, -0.05) is 0 Å². The van der Waals surface area contributed by atoms with Crippen LogP contribution in [-0.4, -0.2) is 38.8 Å². The van der Waals surface area contributed by atoms with Gasteiger partial charge in [-0.2, -0.15) is 0 Å². The molecule has 5 rings (SSSR count). The molecule has 9 heteroatoms. The molecule has 1 aliphatic rings. The van der Waals surface area contributed by atoms with Crippen LogP contribution >= 0.6 is 0 Å². The largest absolute Gasteiger partial charge is 0.373 e. The summed E-state index contributed by atoms with van der Waals surface area (Å²) in [6.07, 6.45) is 4.95. The Morgan fingerprint density at radius 1 is 1.27 bits per heavy atom. The van der Waals surface area contributed by atoms with Crippen LogP contribution in [0.25, 0.3) is 16.3 Å². The van der Waals surface area contributed by atoms with Crippen molar-refractivity contribution in [2.24, 2.45) is 0 Å². The number of aromatic amines is 1. The summed E-state index contributed by atoms with van der Waals surface area (Å²) in [4.78, 5) is 33.7.